The third-order valence-electron chi connectivity index (χ3n) is 7.07. The van der Waals surface area contributed by atoms with Gasteiger partial charge in [-0.25, -0.2) is 15.0 Å². The molecule has 1 unspecified atom stereocenters. The first-order chi connectivity index (χ1) is 15.1. The van der Waals surface area contributed by atoms with Gasteiger partial charge in [-0.1, -0.05) is 24.3 Å². The zero-order valence-corrected chi connectivity index (χ0v) is 17.5. The zero-order chi connectivity index (χ0) is 21.2. The molecule has 31 heavy (non-hydrogen) atoms. The van der Waals surface area contributed by atoms with Crippen LogP contribution in [0.25, 0.3) is 11.2 Å². The largest absolute Gasteiger partial charge is 0.353 e. The van der Waals surface area contributed by atoms with Crippen molar-refractivity contribution in [1.82, 2.24) is 24.8 Å². The summed E-state index contributed by atoms with van der Waals surface area (Å²) in [5.74, 6) is 1.73. The molecule has 1 aromatic carbocycles. The predicted octanol–water partition coefficient (Wildman–Crippen LogP) is 1.78. The zero-order valence-electron chi connectivity index (χ0n) is 17.5. The standard InChI is InChI=1S/C23H24N6O2/c1-28-19-18(27-21(28)22(31)24-11-14-6-7-14)20(26-13-25-19)29-9-8-23(12-29)16-5-3-2-4-15(16)10-17(23)30/h2-5,13-14H,6-12H2,1H3,(H,24,31). The van der Waals surface area contributed by atoms with E-state index in [1.807, 2.05) is 12.1 Å². The lowest BCUT2D eigenvalue weighted by Crippen LogP contribution is -2.36. The second kappa shape index (κ2) is 6.60. The highest BCUT2D eigenvalue weighted by Crippen LogP contribution is 2.44. The number of carbonyl (C=O) groups is 2. The minimum absolute atomic E-state index is 0.184. The SMILES string of the molecule is Cn1c(C(=O)NCC2CC2)nc2c(N3CCC4(C3)C(=O)Cc3ccccc34)ncnc21. The van der Waals surface area contributed by atoms with E-state index in [1.165, 1.54) is 19.2 Å². The maximum absolute atomic E-state index is 13.0. The van der Waals surface area contributed by atoms with E-state index in [4.69, 9.17) is 0 Å². The summed E-state index contributed by atoms with van der Waals surface area (Å²) in [4.78, 5) is 41.4. The number of rotatable bonds is 4. The lowest BCUT2D eigenvalue weighted by atomic mass is 9.80. The third-order valence-corrected chi connectivity index (χ3v) is 7.07. The molecule has 8 heteroatoms. The van der Waals surface area contributed by atoms with Crippen molar-refractivity contribution in [3.8, 4) is 0 Å². The molecule has 3 aromatic rings. The number of imidazole rings is 1. The second-order valence-corrected chi connectivity index (χ2v) is 9.03. The van der Waals surface area contributed by atoms with Gasteiger partial charge in [0.05, 0.1) is 5.41 Å². The van der Waals surface area contributed by atoms with E-state index < -0.39 is 5.41 Å². The van der Waals surface area contributed by atoms with Gasteiger partial charge in [-0.2, -0.15) is 0 Å². The number of benzene rings is 1. The average Bonchev–Trinajstić information content (AvgIpc) is 3.31. The molecule has 2 aromatic heterocycles. The molecule has 158 valence electrons. The fourth-order valence-electron chi connectivity index (χ4n) is 5.13. The molecule has 0 radical (unpaired) electrons. The smallest absolute Gasteiger partial charge is 0.287 e. The van der Waals surface area contributed by atoms with Crippen LogP contribution >= 0.6 is 0 Å². The van der Waals surface area contributed by atoms with Crippen LogP contribution in [0.2, 0.25) is 0 Å². The summed E-state index contributed by atoms with van der Waals surface area (Å²) in [5, 5.41) is 2.98. The minimum atomic E-state index is -0.479. The van der Waals surface area contributed by atoms with Crippen LogP contribution in [-0.4, -0.2) is 50.8 Å². The fourth-order valence-corrected chi connectivity index (χ4v) is 5.13. The predicted molar refractivity (Wildman–Crippen MR) is 115 cm³/mol. The Labute approximate surface area is 179 Å². The first-order valence-corrected chi connectivity index (χ1v) is 10.9. The van der Waals surface area contributed by atoms with Gasteiger partial charge in [0.15, 0.2) is 17.0 Å². The molecular weight excluding hydrogens is 392 g/mol. The van der Waals surface area contributed by atoms with Gasteiger partial charge in [0.25, 0.3) is 5.91 Å². The highest BCUT2D eigenvalue weighted by atomic mass is 16.2. The van der Waals surface area contributed by atoms with Crippen molar-refractivity contribution in [1.29, 1.82) is 0 Å². The van der Waals surface area contributed by atoms with Crippen LogP contribution in [-0.2, 0) is 23.7 Å². The number of anilines is 1. The van der Waals surface area contributed by atoms with Crippen LogP contribution in [0.3, 0.4) is 0 Å². The Balaban J connectivity index is 1.34. The third kappa shape index (κ3) is 2.77. The Morgan fingerprint density at radius 1 is 1.26 bits per heavy atom. The molecule has 1 atom stereocenters. The number of aryl methyl sites for hydroxylation is 1. The molecule has 3 heterocycles. The Bertz CT molecular complexity index is 1230. The van der Waals surface area contributed by atoms with Gasteiger partial charge in [-0.05, 0) is 36.3 Å². The molecule has 1 amide bonds. The van der Waals surface area contributed by atoms with E-state index in [1.54, 1.807) is 11.6 Å². The lowest BCUT2D eigenvalue weighted by Gasteiger charge is -2.24. The van der Waals surface area contributed by atoms with E-state index in [9.17, 15) is 9.59 Å². The summed E-state index contributed by atoms with van der Waals surface area (Å²) in [6, 6.07) is 8.15. The van der Waals surface area contributed by atoms with Gasteiger partial charge in [0.1, 0.15) is 12.1 Å². The van der Waals surface area contributed by atoms with Crippen LogP contribution in [0.4, 0.5) is 5.82 Å². The number of fused-ring (bicyclic) bond motifs is 3. The van der Waals surface area contributed by atoms with Crippen molar-refractivity contribution in [2.75, 3.05) is 24.5 Å². The topological polar surface area (TPSA) is 93.0 Å². The van der Waals surface area contributed by atoms with Crippen molar-refractivity contribution in [2.24, 2.45) is 13.0 Å². The number of carbonyl (C=O) groups excluding carboxylic acids is 2. The molecular formula is C23H24N6O2. The second-order valence-electron chi connectivity index (χ2n) is 9.03. The Kier molecular flexibility index (Phi) is 3.94. The molecule has 1 N–H and O–H groups in total. The number of hydrogen-bond acceptors (Lipinski definition) is 6. The average molecular weight is 416 g/mol. The van der Waals surface area contributed by atoms with E-state index in [2.05, 4.69) is 37.3 Å². The lowest BCUT2D eigenvalue weighted by molar-refractivity contribution is -0.122. The molecule has 1 saturated heterocycles. The number of nitrogens with zero attached hydrogens (tertiary/aromatic N) is 5. The Morgan fingerprint density at radius 2 is 2.10 bits per heavy atom. The summed E-state index contributed by atoms with van der Waals surface area (Å²) in [6.45, 7) is 1.98. The number of nitrogens with one attached hydrogen (secondary N) is 1. The number of hydrogen-bond donors (Lipinski definition) is 1. The fraction of sp³-hybridized carbons (Fsp3) is 0.435. The molecule has 2 fully saturated rings. The van der Waals surface area contributed by atoms with E-state index in [-0.39, 0.29) is 11.7 Å². The molecule has 1 aliphatic heterocycles. The van der Waals surface area contributed by atoms with Crippen LogP contribution < -0.4 is 10.2 Å². The van der Waals surface area contributed by atoms with Gasteiger partial charge in [0, 0.05) is 33.1 Å². The highest BCUT2D eigenvalue weighted by Gasteiger charge is 2.50. The first kappa shape index (κ1) is 18.5. The van der Waals surface area contributed by atoms with Crippen LogP contribution in [0.1, 0.15) is 41.0 Å². The summed E-state index contributed by atoms with van der Waals surface area (Å²) in [7, 11) is 1.81. The van der Waals surface area contributed by atoms with Crippen LogP contribution in [0.5, 0.6) is 0 Å². The van der Waals surface area contributed by atoms with Crippen molar-refractivity contribution >= 4 is 28.7 Å². The molecule has 8 nitrogen and oxygen atoms in total. The van der Waals surface area contributed by atoms with Gasteiger partial charge < -0.3 is 14.8 Å². The highest BCUT2D eigenvalue weighted by molar-refractivity contribution is 5.99. The van der Waals surface area contributed by atoms with Crippen molar-refractivity contribution in [2.45, 2.75) is 31.1 Å². The molecule has 1 spiro atoms. The number of Topliss-reactive ketones (excluding diaryl/α,β-unsaturated/α-hetero) is 1. The van der Waals surface area contributed by atoms with E-state index in [0.29, 0.717) is 54.8 Å². The Morgan fingerprint density at radius 3 is 2.94 bits per heavy atom. The summed E-state index contributed by atoms with van der Waals surface area (Å²) in [5.41, 5.74) is 3.04. The maximum Gasteiger partial charge on any atom is 0.287 e. The quantitative estimate of drug-likeness (QED) is 0.697. The summed E-state index contributed by atoms with van der Waals surface area (Å²) >= 11 is 0. The van der Waals surface area contributed by atoms with Gasteiger partial charge in [0.2, 0.25) is 5.82 Å². The summed E-state index contributed by atoms with van der Waals surface area (Å²) in [6.07, 6.45) is 5.13. The van der Waals surface area contributed by atoms with Gasteiger partial charge >= 0.3 is 0 Å². The normalized spacial score (nSPS) is 22.5. The molecule has 0 bridgehead atoms. The first-order valence-electron chi connectivity index (χ1n) is 10.9. The summed E-state index contributed by atoms with van der Waals surface area (Å²) < 4.78 is 1.73. The van der Waals surface area contributed by atoms with Crippen molar-refractivity contribution < 1.29 is 9.59 Å². The van der Waals surface area contributed by atoms with Gasteiger partial charge in [-0.3, -0.25) is 9.59 Å². The van der Waals surface area contributed by atoms with E-state index in [0.717, 1.165) is 17.5 Å². The molecule has 3 aliphatic rings. The van der Waals surface area contributed by atoms with Gasteiger partial charge in [-0.15, -0.1) is 0 Å². The number of aromatic nitrogens is 4. The minimum Gasteiger partial charge on any atom is -0.353 e. The molecule has 2 aliphatic carbocycles. The van der Waals surface area contributed by atoms with Crippen LogP contribution in [0.15, 0.2) is 30.6 Å². The number of ketones is 1. The molecule has 1 saturated carbocycles. The maximum atomic E-state index is 13.0. The van der Waals surface area contributed by atoms with Crippen molar-refractivity contribution in [3.05, 3.63) is 47.5 Å². The number of amides is 1. The van der Waals surface area contributed by atoms with Crippen molar-refractivity contribution in [3.63, 3.8) is 0 Å². The van der Waals surface area contributed by atoms with Crippen LogP contribution in [0, 0.1) is 5.92 Å². The monoisotopic (exact) mass is 416 g/mol. The molecule has 6 rings (SSSR count). The Hall–Kier alpha value is -3.29. The van der Waals surface area contributed by atoms with E-state index >= 15 is 0 Å².